The molecule has 1 unspecified atom stereocenters. The monoisotopic (exact) mass is 339 g/mol. The van der Waals surface area contributed by atoms with Gasteiger partial charge in [-0.05, 0) is 30.3 Å². The van der Waals surface area contributed by atoms with Crippen molar-refractivity contribution < 1.29 is 23.1 Å². The number of oxazole rings is 1. The van der Waals surface area contributed by atoms with E-state index in [-0.39, 0.29) is 30.9 Å². The van der Waals surface area contributed by atoms with Gasteiger partial charge in [0.2, 0.25) is 5.89 Å². The Balaban J connectivity index is 1.41. The van der Waals surface area contributed by atoms with E-state index in [2.05, 4.69) is 4.98 Å². The second-order valence-corrected chi connectivity index (χ2v) is 5.63. The predicted molar refractivity (Wildman–Crippen MR) is 86.4 cm³/mol. The number of carbonyl (C=O) groups excluding carboxylic acids is 1. The number of esters is 1. The smallest absolute Gasteiger partial charge is 0.317 e. The summed E-state index contributed by atoms with van der Waals surface area (Å²) in [6, 6.07) is 13.3. The number of ether oxygens (including phenoxy) is 2. The third kappa shape index (κ3) is 3.10. The molecule has 0 bridgehead atoms. The van der Waals surface area contributed by atoms with E-state index in [1.54, 1.807) is 12.1 Å². The summed E-state index contributed by atoms with van der Waals surface area (Å²) < 4.78 is 29.3. The van der Waals surface area contributed by atoms with Gasteiger partial charge in [-0.2, -0.15) is 0 Å². The van der Waals surface area contributed by atoms with Gasteiger partial charge in [0.1, 0.15) is 24.1 Å². The van der Waals surface area contributed by atoms with Gasteiger partial charge in [-0.3, -0.25) is 4.79 Å². The number of nitrogens with zero attached hydrogens (tertiary/aromatic N) is 1. The van der Waals surface area contributed by atoms with Crippen LogP contribution in [0.4, 0.5) is 4.39 Å². The number of benzene rings is 2. The first-order valence-corrected chi connectivity index (χ1v) is 7.80. The minimum atomic E-state index is -0.442. The maximum absolute atomic E-state index is 13.0. The molecule has 2 heterocycles. The second kappa shape index (κ2) is 6.39. The minimum absolute atomic E-state index is 0.0707. The van der Waals surface area contributed by atoms with Crippen molar-refractivity contribution in [2.24, 2.45) is 0 Å². The number of hydrogen-bond acceptors (Lipinski definition) is 5. The Morgan fingerprint density at radius 2 is 2.00 bits per heavy atom. The third-order valence-corrected chi connectivity index (χ3v) is 4.00. The third-order valence-electron chi connectivity index (χ3n) is 4.00. The van der Waals surface area contributed by atoms with Crippen LogP contribution < -0.4 is 4.74 Å². The summed E-state index contributed by atoms with van der Waals surface area (Å²) in [5, 5.41) is 0. The van der Waals surface area contributed by atoms with Gasteiger partial charge in [0, 0.05) is 11.1 Å². The molecule has 1 aromatic heterocycles. The lowest BCUT2D eigenvalue weighted by molar-refractivity contribution is -0.147. The Hall–Kier alpha value is -3.15. The highest BCUT2D eigenvalue weighted by atomic mass is 19.1. The molecule has 0 aliphatic carbocycles. The molecule has 25 heavy (non-hydrogen) atoms. The summed E-state index contributed by atoms with van der Waals surface area (Å²) in [5.41, 5.74) is 1.52. The molecule has 1 aliphatic heterocycles. The summed E-state index contributed by atoms with van der Waals surface area (Å²) in [6.07, 6.45) is 1.52. The molecule has 6 heteroatoms. The SMILES string of the molecule is O=C(OCc1ncc(-c2ccc(F)cc2)o1)C1COc2ccccc21. The highest BCUT2D eigenvalue weighted by Gasteiger charge is 2.31. The summed E-state index contributed by atoms with van der Waals surface area (Å²) >= 11 is 0. The topological polar surface area (TPSA) is 61.6 Å². The van der Waals surface area contributed by atoms with E-state index in [1.807, 2.05) is 24.3 Å². The maximum Gasteiger partial charge on any atom is 0.317 e. The van der Waals surface area contributed by atoms with Crippen molar-refractivity contribution in [3.05, 3.63) is 72.0 Å². The van der Waals surface area contributed by atoms with Crippen molar-refractivity contribution in [1.82, 2.24) is 4.98 Å². The number of fused-ring (bicyclic) bond motifs is 1. The van der Waals surface area contributed by atoms with Crippen LogP contribution in [0.1, 0.15) is 17.4 Å². The van der Waals surface area contributed by atoms with Gasteiger partial charge in [-0.25, -0.2) is 9.37 Å². The van der Waals surface area contributed by atoms with Gasteiger partial charge in [0.05, 0.1) is 6.20 Å². The molecule has 4 rings (SSSR count). The van der Waals surface area contributed by atoms with Crippen molar-refractivity contribution in [2.45, 2.75) is 12.5 Å². The average molecular weight is 339 g/mol. The van der Waals surface area contributed by atoms with Crippen molar-refractivity contribution >= 4 is 5.97 Å². The van der Waals surface area contributed by atoms with Crippen molar-refractivity contribution in [1.29, 1.82) is 0 Å². The summed E-state index contributed by atoms with van der Waals surface area (Å²) in [7, 11) is 0. The van der Waals surface area contributed by atoms with Gasteiger partial charge < -0.3 is 13.9 Å². The fourth-order valence-corrected chi connectivity index (χ4v) is 2.72. The molecular formula is C19H14FNO4. The van der Waals surface area contributed by atoms with Gasteiger partial charge in [-0.15, -0.1) is 0 Å². The Morgan fingerprint density at radius 1 is 1.20 bits per heavy atom. The zero-order chi connectivity index (χ0) is 17.2. The van der Waals surface area contributed by atoms with E-state index in [0.717, 1.165) is 5.56 Å². The quantitative estimate of drug-likeness (QED) is 0.678. The average Bonchev–Trinajstić information content (AvgIpc) is 3.27. The molecule has 2 aromatic carbocycles. The van der Waals surface area contributed by atoms with Crippen LogP contribution in [-0.4, -0.2) is 17.6 Å². The van der Waals surface area contributed by atoms with Gasteiger partial charge in [0.15, 0.2) is 12.4 Å². The first kappa shape index (κ1) is 15.4. The molecule has 0 saturated heterocycles. The molecule has 0 amide bonds. The fraction of sp³-hybridized carbons (Fsp3) is 0.158. The van der Waals surface area contributed by atoms with Crippen molar-refractivity contribution in [2.75, 3.05) is 6.61 Å². The number of hydrogen-bond donors (Lipinski definition) is 0. The maximum atomic E-state index is 13.0. The number of rotatable bonds is 4. The lowest BCUT2D eigenvalue weighted by atomic mass is 10.0. The van der Waals surface area contributed by atoms with E-state index >= 15 is 0 Å². The molecule has 0 radical (unpaired) electrons. The largest absolute Gasteiger partial charge is 0.492 e. The lowest BCUT2D eigenvalue weighted by Gasteiger charge is -2.07. The molecule has 5 nitrogen and oxygen atoms in total. The van der Waals surface area contributed by atoms with Crippen LogP contribution in [0.3, 0.4) is 0 Å². The minimum Gasteiger partial charge on any atom is -0.492 e. The first-order chi connectivity index (χ1) is 12.2. The van der Waals surface area contributed by atoms with Crippen molar-refractivity contribution in [3.8, 4) is 17.1 Å². The standard InChI is InChI=1S/C19H14FNO4/c20-13-7-5-12(6-8-13)17-9-21-18(25-17)11-24-19(22)15-10-23-16-4-2-1-3-14(15)16/h1-9,15H,10-11H2. The molecule has 0 saturated carbocycles. The molecular weight excluding hydrogens is 325 g/mol. The lowest BCUT2D eigenvalue weighted by Crippen LogP contribution is -2.17. The van der Waals surface area contributed by atoms with Gasteiger partial charge in [0.25, 0.3) is 0 Å². The van der Waals surface area contributed by atoms with Gasteiger partial charge in [-0.1, -0.05) is 18.2 Å². The first-order valence-electron chi connectivity index (χ1n) is 7.80. The van der Waals surface area contributed by atoms with Crippen LogP contribution in [0, 0.1) is 5.82 Å². The zero-order valence-electron chi connectivity index (χ0n) is 13.1. The van der Waals surface area contributed by atoms with E-state index in [9.17, 15) is 9.18 Å². The number of carbonyl (C=O) groups is 1. The van der Waals surface area contributed by atoms with Crippen LogP contribution >= 0.6 is 0 Å². The van der Waals surface area contributed by atoms with Crippen LogP contribution in [0.15, 0.2) is 59.1 Å². The molecule has 126 valence electrons. The molecule has 1 aliphatic rings. The second-order valence-electron chi connectivity index (χ2n) is 5.63. The molecule has 0 spiro atoms. The van der Waals surface area contributed by atoms with Crippen molar-refractivity contribution in [3.63, 3.8) is 0 Å². The fourth-order valence-electron chi connectivity index (χ4n) is 2.72. The number of aromatic nitrogens is 1. The molecule has 0 N–H and O–H groups in total. The van der Waals surface area contributed by atoms with Crippen LogP contribution in [0.2, 0.25) is 0 Å². The van der Waals surface area contributed by atoms with Gasteiger partial charge >= 0.3 is 5.97 Å². The zero-order valence-corrected chi connectivity index (χ0v) is 13.1. The highest BCUT2D eigenvalue weighted by Crippen LogP contribution is 2.34. The van der Waals surface area contributed by atoms with Crippen LogP contribution in [0.5, 0.6) is 5.75 Å². The van der Waals surface area contributed by atoms with Crippen LogP contribution in [0.25, 0.3) is 11.3 Å². The number of para-hydroxylation sites is 1. The highest BCUT2D eigenvalue weighted by molar-refractivity contribution is 5.80. The van der Waals surface area contributed by atoms with E-state index in [1.165, 1.54) is 18.3 Å². The van der Waals surface area contributed by atoms with E-state index < -0.39 is 5.92 Å². The Kier molecular flexibility index (Phi) is 3.93. The molecule has 3 aromatic rings. The van der Waals surface area contributed by atoms with E-state index in [4.69, 9.17) is 13.9 Å². The normalized spacial score (nSPS) is 15.5. The Labute approximate surface area is 143 Å². The Morgan fingerprint density at radius 3 is 2.84 bits per heavy atom. The number of halogens is 1. The summed E-state index contributed by atoms with van der Waals surface area (Å²) in [6.45, 7) is 0.198. The molecule has 0 fully saturated rings. The van der Waals surface area contributed by atoms with E-state index in [0.29, 0.717) is 17.1 Å². The van der Waals surface area contributed by atoms with Crippen LogP contribution in [-0.2, 0) is 16.1 Å². The Bertz CT molecular complexity index is 904. The summed E-state index contributed by atoms with van der Waals surface area (Å²) in [5.74, 6) is 0.324. The predicted octanol–water partition coefficient (Wildman–Crippen LogP) is 3.70. The summed E-state index contributed by atoms with van der Waals surface area (Å²) in [4.78, 5) is 16.4. The molecule has 1 atom stereocenters.